The molecule has 0 bridgehead atoms. The maximum Gasteiger partial charge on any atom is 0.257 e. The van der Waals surface area contributed by atoms with Crippen LogP contribution in [-0.2, 0) is 17.8 Å². The molecule has 0 saturated carbocycles. The van der Waals surface area contributed by atoms with E-state index in [4.69, 9.17) is 0 Å². The topological polar surface area (TPSA) is 76.9 Å². The quantitative estimate of drug-likeness (QED) is 0.838. The number of aromatic nitrogens is 3. The molecule has 24 heavy (non-hydrogen) atoms. The van der Waals surface area contributed by atoms with E-state index in [9.17, 15) is 9.59 Å². The van der Waals surface area contributed by atoms with Crippen LogP contribution in [0.5, 0.6) is 0 Å². The van der Waals surface area contributed by atoms with Gasteiger partial charge in [-0.25, -0.2) is 4.98 Å². The molecule has 126 valence electrons. The third-order valence-corrected chi connectivity index (χ3v) is 5.26. The molecule has 1 N–H and O–H groups in total. The van der Waals surface area contributed by atoms with Crippen LogP contribution in [0, 0.1) is 6.92 Å². The maximum absolute atomic E-state index is 12.7. The van der Waals surface area contributed by atoms with Crippen LogP contribution in [0.4, 0.5) is 0 Å². The van der Waals surface area contributed by atoms with Crippen molar-refractivity contribution in [3.8, 4) is 0 Å². The predicted molar refractivity (Wildman–Crippen MR) is 93.1 cm³/mol. The number of hydrogen-bond acceptors (Lipinski definition) is 5. The summed E-state index contributed by atoms with van der Waals surface area (Å²) in [5.74, 6) is 0.646. The Kier molecular flexibility index (Phi) is 4.99. The standard InChI is InChI=1S/C17H20N4O2S/c1-3-14-11(2)20-17-21(16(14)23)13(10-24-17)8-15(22)19-9-12-4-6-18-7-5-12/h4-7,13H,3,8-10H2,1-2H3,(H,19,22). The summed E-state index contributed by atoms with van der Waals surface area (Å²) in [6, 6.07) is 3.60. The highest BCUT2D eigenvalue weighted by molar-refractivity contribution is 7.99. The molecule has 1 aliphatic heterocycles. The normalized spacial score (nSPS) is 16.0. The van der Waals surface area contributed by atoms with E-state index in [1.165, 1.54) is 0 Å². The van der Waals surface area contributed by atoms with Gasteiger partial charge in [-0.05, 0) is 31.0 Å². The number of nitrogens with zero attached hydrogens (tertiary/aromatic N) is 3. The van der Waals surface area contributed by atoms with Crippen molar-refractivity contribution in [2.75, 3.05) is 5.75 Å². The van der Waals surface area contributed by atoms with Crippen molar-refractivity contribution in [2.45, 2.75) is 44.4 Å². The lowest BCUT2D eigenvalue weighted by Crippen LogP contribution is -2.32. The Balaban J connectivity index is 1.70. The Hall–Kier alpha value is -2.15. The molecule has 0 spiro atoms. The summed E-state index contributed by atoms with van der Waals surface area (Å²) < 4.78 is 1.70. The minimum absolute atomic E-state index is 0.00284. The van der Waals surface area contributed by atoms with Crippen molar-refractivity contribution < 1.29 is 4.79 Å². The summed E-state index contributed by atoms with van der Waals surface area (Å²) >= 11 is 1.54. The summed E-state index contributed by atoms with van der Waals surface area (Å²) in [6.45, 7) is 4.29. The smallest absolute Gasteiger partial charge is 0.257 e. The van der Waals surface area contributed by atoms with Gasteiger partial charge in [-0.3, -0.25) is 19.1 Å². The molecule has 1 unspecified atom stereocenters. The van der Waals surface area contributed by atoms with Crippen molar-refractivity contribution in [1.29, 1.82) is 0 Å². The van der Waals surface area contributed by atoms with Crippen LogP contribution < -0.4 is 10.9 Å². The molecule has 0 aliphatic carbocycles. The minimum Gasteiger partial charge on any atom is -0.352 e. The van der Waals surface area contributed by atoms with E-state index in [0.29, 0.717) is 25.1 Å². The van der Waals surface area contributed by atoms with Crippen molar-refractivity contribution in [2.24, 2.45) is 0 Å². The van der Waals surface area contributed by atoms with Gasteiger partial charge < -0.3 is 5.32 Å². The highest BCUT2D eigenvalue weighted by Gasteiger charge is 2.28. The molecule has 0 aromatic carbocycles. The number of amides is 1. The van der Waals surface area contributed by atoms with Crippen LogP contribution >= 0.6 is 11.8 Å². The number of aryl methyl sites for hydroxylation is 1. The molecule has 2 aromatic heterocycles. The Morgan fingerprint density at radius 1 is 1.42 bits per heavy atom. The van der Waals surface area contributed by atoms with Gasteiger partial charge in [0.25, 0.3) is 5.56 Å². The zero-order chi connectivity index (χ0) is 17.1. The van der Waals surface area contributed by atoms with Gasteiger partial charge in [0.05, 0.1) is 6.04 Å². The average molecular weight is 344 g/mol. The van der Waals surface area contributed by atoms with E-state index in [1.807, 2.05) is 26.0 Å². The number of nitrogens with one attached hydrogen (secondary N) is 1. The molecule has 1 aliphatic rings. The second-order valence-electron chi connectivity index (χ2n) is 5.79. The van der Waals surface area contributed by atoms with E-state index >= 15 is 0 Å². The Bertz CT molecular complexity index is 804. The van der Waals surface area contributed by atoms with Gasteiger partial charge >= 0.3 is 0 Å². The molecule has 0 radical (unpaired) electrons. The van der Waals surface area contributed by atoms with Crippen LogP contribution in [0.3, 0.4) is 0 Å². The highest BCUT2D eigenvalue weighted by Crippen LogP contribution is 2.32. The molecule has 7 heteroatoms. The summed E-state index contributed by atoms with van der Waals surface area (Å²) in [5, 5.41) is 3.63. The van der Waals surface area contributed by atoms with Gasteiger partial charge in [-0.1, -0.05) is 18.7 Å². The lowest BCUT2D eigenvalue weighted by molar-refractivity contribution is -0.121. The number of carbonyl (C=O) groups excluding carboxylic acids is 1. The summed E-state index contributed by atoms with van der Waals surface area (Å²) in [5.41, 5.74) is 2.53. The first kappa shape index (κ1) is 16.7. The molecule has 0 fully saturated rings. The molecule has 1 amide bonds. The third kappa shape index (κ3) is 3.36. The number of rotatable bonds is 5. The zero-order valence-corrected chi connectivity index (χ0v) is 14.6. The Morgan fingerprint density at radius 2 is 2.17 bits per heavy atom. The first-order valence-corrected chi connectivity index (χ1v) is 8.99. The molecule has 3 heterocycles. The number of carbonyl (C=O) groups is 1. The molecule has 6 nitrogen and oxygen atoms in total. The summed E-state index contributed by atoms with van der Waals surface area (Å²) in [4.78, 5) is 33.4. The second-order valence-corrected chi connectivity index (χ2v) is 6.78. The Morgan fingerprint density at radius 3 is 2.88 bits per heavy atom. The summed E-state index contributed by atoms with van der Waals surface area (Å²) in [6.07, 6.45) is 4.35. The lowest BCUT2D eigenvalue weighted by atomic mass is 10.1. The summed E-state index contributed by atoms with van der Waals surface area (Å²) in [7, 11) is 0. The zero-order valence-electron chi connectivity index (χ0n) is 13.8. The molecule has 2 aromatic rings. The first-order chi connectivity index (χ1) is 11.6. The largest absolute Gasteiger partial charge is 0.352 e. The van der Waals surface area contributed by atoms with Crippen molar-refractivity contribution in [3.63, 3.8) is 0 Å². The Labute approximate surface area is 144 Å². The van der Waals surface area contributed by atoms with Gasteiger partial charge in [0, 0.05) is 42.4 Å². The first-order valence-electron chi connectivity index (χ1n) is 8.00. The maximum atomic E-state index is 12.7. The minimum atomic E-state index is -0.131. The van der Waals surface area contributed by atoms with Gasteiger partial charge in [0.1, 0.15) is 0 Å². The van der Waals surface area contributed by atoms with Crippen LogP contribution in [-0.4, -0.2) is 26.2 Å². The number of fused-ring (bicyclic) bond motifs is 1. The van der Waals surface area contributed by atoms with Gasteiger partial charge in [-0.2, -0.15) is 0 Å². The second kappa shape index (κ2) is 7.17. The number of pyridine rings is 1. The predicted octanol–water partition coefficient (Wildman–Crippen LogP) is 1.86. The highest BCUT2D eigenvalue weighted by atomic mass is 32.2. The van der Waals surface area contributed by atoms with E-state index in [1.54, 1.807) is 28.7 Å². The fourth-order valence-electron chi connectivity index (χ4n) is 2.87. The fourth-order valence-corrected chi connectivity index (χ4v) is 4.05. The van der Waals surface area contributed by atoms with Gasteiger partial charge in [0.15, 0.2) is 5.16 Å². The van der Waals surface area contributed by atoms with Crippen LogP contribution in [0.15, 0.2) is 34.5 Å². The molecule has 3 rings (SSSR count). The van der Waals surface area contributed by atoms with E-state index in [-0.39, 0.29) is 17.5 Å². The van der Waals surface area contributed by atoms with Crippen molar-refractivity contribution in [3.05, 3.63) is 51.7 Å². The van der Waals surface area contributed by atoms with Crippen molar-refractivity contribution in [1.82, 2.24) is 19.9 Å². The van der Waals surface area contributed by atoms with E-state index < -0.39 is 0 Å². The monoisotopic (exact) mass is 344 g/mol. The van der Waals surface area contributed by atoms with Crippen molar-refractivity contribution >= 4 is 17.7 Å². The number of hydrogen-bond donors (Lipinski definition) is 1. The fraction of sp³-hybridized carbons (Fsp3) is 0.412. The molecular weight excluding hydrogens is 324 g/mol. The SMILES string of the molecule is CCc1c(C)nc2n(c1=O)C(CC(=O)NCc1ccncc1)CS2. The third-order valence-electron chi connectivity index (χ3n) is 4.17. The van der Waals surface area contributed by atoms with E-state index in [0.717, 1.165) is 22.0 Å². The van der Waals surface area contributed by atoms with Gasteiger partial charge in [-0.15, -0.1) is 0 Å². The molecule has 1 atom stereocenters. The number of thioether (sulfide) groups is 1. The lowest BCUT2D eigenvalue weighted by Gasteiger charge is -2.15. The van der Waals surface area contributed by atoms with Crippen LogP contribution in [0.2, 0.25) is 0 Å². The molecule has 0 saturated heterocycles. The van der Waals surface area contributed by atoms with Gasteiger partial charge in [0.2, 0.25) is 5.91 Å². The van der Waals surface area contributed by atoms with Crippen LogP contribution in [0.1, 0.15) is 36.2 Å². The van der Waals surface area contributed by atoms with E-state index in [2.05, 4.69) is 15.3 Å². The van der Waals surface area contributed by atoms with Crippen LogP contribution in [0.25, 0.3) is 0 Å². The molecular formula is C17H20N4O2S. The average Bonchev–Trinajstić information content (AvgIpc) is 2.97.